The van der Waals surface area contributed by atoms with Crippen LogP contribution in [-0.2, 0) is 31.2 Å². The first-order chi connectivity index (χ1) is 17.5. The molecule has 4 atom stereocenters. The second-order valence-electron chi connectivity index (χ2n) is 9.17. The van der Waals surface area contributed by atoms with Crippen LogP contribution in [0.5, 0.6) is 5.75 Å². The number of aliphatic hydroxyl groups excluding tert-OH is 2. The number of rotatable bonds is 4. The SMILES string of the molecule is CN(C)[C@@H]1C(O)=C(C(N)=O)C(=O)[C@@]2(O)C(O)=C3C(=O)c4c(ccc(NC=O)c4O)CC3CC12.O=S(=O)(O)O. The van der Waals surface area contributed by atoms with Crippen molar-refractivity contribution in [2.75, 3.05) is 19.4 Å². The summed E-state index contributed by atoms with van der Waals surface area (Å²) in [6.07, 6.45) is 0.527. The molecule has 15 nitrogen and oxygen atoms in total. The lowest BCUT2D eigenvalue weighted by Gasteiger charge is -2.50. The highest BCUT2D eigenvalue weighted by molar-refractivity contribution is 7.79. The number of allylic oxidation sites excluding steroid dienone is 1. The lowest BCUT2D eigenvalue weighted by atomic mass is 9.58. The van der Waals surface area contributed by atoms with Gasteiger partial charge in [-0.25, -0.2) is 0 Å². The van der Waals surface area contributed by atoms with Crippen molar-refractivity contribution < 1.29 is 57.1 Å². The van der Waals surface area contributed by atoms with Crippen LogP contribution in [0, 0.1) is 11.8 Å². The number of primary amides is 1. The molecule has 9 N–H and O–H groups in total. The third kappa shape index (κ3) is 4.63. The van der Waals surface area contributed by atoms with E-state index in [1.54, 1.807) is 20.2 Å². The molecular weight excluding hydrogens is 530 g/mol. The number of anilines is 1. The van der Waals surface area contributed by atoms with Gasteiger partial charge in [0.2, 0.25) is 12.2 Å². The summed E-state index contributed by atoms with van der Waals surface area (Å²) in [5.74, 6) is -7.16. The minimum Gasteiger partial charge on any atom is -0.510 e. The number of likely N-dealkylation sites (N-methyl/N-ethyl adjacent to an activating group) is 1. The third-order valence-electron chi connectivity index (χ3n) is 6.81. The number of fused-ring (bicyclic) bond motifs is 3. The number of carbonyl (C=O) groups is 4. The Balaban J connectivity index is 0.000000732. The van der Waals surface area contributed by atoms with Gasteiger partial charge in [0, 0.05) is 11.5 Å². The number of benzene rings is 1. The monoisotopic (exact) mass is 555 g/mol. The van der Waals surface area contributed by atoms with Gasteiger partial charge in [-0.2, -0.15) is 8.42 Å². The number of phenolic OH excluding ortho intramolecular Hbond substituents is 1. The van der Waals surface area contributed by atoms with E-state index in [9.17, 15) is 39.6 Å². The van der Waals surface area contributed by atoms with Crippen molar-refractivity contribution in [1.29, 1.82) is 0 Å². The molecule has 0 aromatic heterocycles. The predicted molar refractivity (Wildman–Crippen MR) is 128 cm³/mol. The van der Waals surface area contributed by atoms with E-state index < -0.39 is 74.2 Å². The van der Waals surface area contributed by atoms with Crippen LogP contribution in [0.15, 0.2) is 34.8 Å². The van der Waals surface area contributed by atoms with Gasteiger partial charge in [-0.1, -0.05) is 6.07 Å². The van der Waals surface area contributed by atoms with Gasteiger partial charge in [0.1, 0.15) is 17.1 Å². The zero-order chi connectivity index (χ0) is 28.9. The second kappa shape index (κ2) is 9.80. The maximum Gasteiger partial charge on any atom is 0.394 e. The Hall–Kier alpha value is -3.83. The van der Waals surface area contributed by atoms with E-state index in [2.05, 4.69) is 5.32 Å². The molecule has 1 aromatic rings. The fourth-order valence-corrected chi connectivity index (χ4v) is 5.41. The molecule has 0 saturated carbocycles. The number of hydrogen-bond acceptors (Lipinski definition) is 11. The van der Waals surface area contributed by atoms with Crippen LogP contribution in [0.3, 0.4) is 0 Å². The zero-order valence-electron chi connectivity index (χ0n) is 19.9. The van der Waals surface area contributed by atoms with Gasteiger partial charge >= 0.3 is 10.4 Å². The lowest BCUT2D eigenvalue weighted by Crippen LogP contribution is -2.63. The van der Waals surface area contributed by atoms with Crippen LogP contribution in [0.2, 0.25) is 0 Å². The highest BCUT2D eigenvalue weighted by Crippen LogP contribution is 2.52. The van der Waals surface area contributed by atoms with Crippen molar-refractivity contribution in [2.45, 2.75) is 24.5 Å². The average Bonchev–Trinajstić information content (AvgIpc) is 2.76. The highest BCUT2D eigenvalue weighted by atomic mass is 32.3. The van der Waals surface area contributed by atoms with E-state index >= 15 is 0 Å². The van der Waals surface area contributed by atoms with E-state index in [0.29, 0.717) is 12.0 Å². The standard InChI is InChI=1S/C22H23N3O8.H2O4S/c1-25(2)15-10-6-9-5-8-3-4-11(24-7-26)16(27)12(8)17(28)13(9)19(30)22(10,33)20(31)14(18(15)29)21(23)32;1-5(2,3)4/h3-4,7,9-10,15,27,29-30,33H,5-6H2,1-2H3,(H2,23,32)(H,24,26);(H2,1,2,3,4)/t9?,10?,15-,22-;/m0./s1. The van der Waals surface area contributed by atoms with Crippen LogP contribution in [-0.4, -0.2) is 92.5 Å². The molecule has 16 heteroatoms. The number of Topliss-reactive ketones (excluding diaryl/α,β-unsaturated/α-hetero) is 2. The molecule has 0 heterocycles. The Bertz CT molecular complexity index is 1410. The molecule has 0 radical (unpaired) electrons. The van der Waals surface area contributed by atoms with Gasteiger partial charge in [0.05, 0.1) is 17.3 Å². The summed E-state index contributed by atoms with van der Waals surface area (Å²) in [7, 11) is -1.54. The van der Waals surface area contributed by atoms with Crippen molar-refractivity contribution >= 4 is 40.0 Å². The van der Waals surface area contributed by atoms with Gasteiger partial charge in [0.25, 0.3) is 5.91 Å². The van der Waals surface area contributed by atoms with Gasteiger partial charge in [-0.05, 0) is 44.5 Å². The molecule has 4 rings (SSSR count). The maximum atomic E-state index is 13.4. The van der Waals surface area contributed by atoms with Crippen LogP contribution >= 0.6 is 0 Å². The summed E-state index contributed by atoms with van der Waals surface area (Å²) in [5.41, 5.74) is 1.76. The molecule has 0 aliphatic heterocycles. The van der Waals surface area contributed by atoms with Crippen molar-refractivity contribution in [3.63, 3.8) is 0 Å². The van der Waals surface area contributed by atoms with Gasteiger partial charge in [0.15, 0.2) is 17.1 Å². The molecule has 0 fully saturated rings. The lowest BCUT2D eigenvalue weighted by molar-refractivity contribution is -0.148. The minimum absolute atomic E-state index is 0.0147. The average molecular weight is 556 g/mol. The molecule has 1 aromatic carbocycles. The summed E-state index contributed by atoms with van der Waals surface area (Å²) in [4.78, 5) is 50.8. The number of aliphatic hydroxyl groups is 3. The number of ketones is 2. The molecule has 2 unspecified atom stereocenters. The quantitative estimate of drug-likeness (QED) is 0.0963. The van der Waals surface area contributed by atoms with Gasteiger partial charge in [-0.3, -0.25) is 33.2 Å². The number of nitrogens with one attached hydrogen (secondary N) is 1. The number of nitrogens with zero attached hydrogens (tertiary/aromatic N) is 1. The van der Waals surface area contributed by atoms with E-state index in [1.807, 2.05) is 0 Å². The Morgan fingerprint density at radius 2 is 1.76 bits per heavy atom. The number of carbonyl (C=O) groups excluding carboxylic acids is 4. The summed E-state index contributed by atoms with van der Waals surface area (Å²) in [6, 6.07) is 1.96. The number of hydrogen-bond donors (Lipinski definition) is 8. The van der Waals surface area contributed by atoms with E-state index in [1.165, 1.54) is 11.0 Å². The Morgan fingerprint density at radius 3 is 2.26 bits per heavy atom. The molecule has 38 heavy (non-hydrogen) atoms. The van der Waals surface area contributed by atoms with Crippen LogP contribution in [0.4, 0.5) is 5.69 Å². The normalized spacial score (nSPS) is 26.6. The van der Waals surface area contributed by atoms with Crippen LogP contribution in [0.1, 0.15) is 22.3 Å². The minimum atomic E-state index is -4.67. The third-order valence-corrected chi connectivity index (χ3v) is 6.81. The Labute approximate surface area is 215 Å². The highest BCUT2D eigenvalue weighted by Gasteiger charge is 2.63. The topological polar surface area (TPSA) is 265 Å². The maximum absolute atomic E-state index is 13.4. The Kier molecular flexibility index (Phi) is 7.41. The first-order valence-electron chi connectivity index (χ1n) is 10.9. The number of phenols is 1. The largest absolute Gasteiger partial charge is 0.510 e. The van der Waals surface area contributed by atoms with Crippen molar-refractivity contribution in [3.05, 3.63) is 45.9 Å². The summed E-state index contributed by atoms with van der Waals surface area (Å²) in [6.45, 7) is 0. The van der Waals surface area contributed by atoms with E-state index in [0.717, 1.165) is 0 Å². The van der Waals surface area contributed by atoms with Crippen LogP contribution in [0.25, 0.3) is 0 Å². The number of aromatic hydroxyl groups is 1. The fraction of sp³-hybridized carbons (Fsp3) is 0.364. The molecule has 0 bridgehead atoms. The molecule has 2 amide bonds. The molecule has 0 saturated heterocycles. The van der Waals surface area contributed by atoms with Crippen LogP contribution < -0.4 is 11.1 Å². The van der Waals surface area contributed by atoms with Gasteiger partial charge < -0.3 is 31.5 Å². The zero-order valence-corrected chi connectivity index (χ0v) is 20.8. The Morgan fingerprint density at radius 1 is 1.18 bits per heavy atom. The second-order valence-corrected chi connectivity index (χ2v) is 10.1. The van der Waals surface area contributed by atoms with E-state index in [-0.39, 0.29) is 29.7 Å². The predicted octanol–water partition coefficient (Wildman–Crippen LogP) is -0.964. The molecule has 3 aliphatic rings. The molecular formula is C22H25N3O12S. The molecule has 3 aliphatic carbocycles. The summed E-state index contributed by atoms with van der Waals surface area (Å²) in [5, 5.41) is 46.1. The molecule has 0 spiro atoms. The first-order valence-corrected chi connectivity index (χ1v) is 12.3. The summed E-state index contributed by atoms with van der Waals surface area (Å²) >= 11 is 0. The smallest absolute Gasteiger partial charge is 0.394 e. The fourth-order valence-electron chi connectivity index (χ4n) is 5.41. The van der Waals surface area contributed by atoms with Crippen molar-refractivity contribution in [2.24, 2.45) is 17.6 Å². The van der Waals surface area contributed by atoms with Crippen molar-refractivity contribution in [3.8, 4) is 5.75 Å². The first kappa shape index (κ1) is 28.7. The number of nitrogens with two attached hydrogens (primary N) is 1. The number of amides is 2. The molecule has 206 valence electrons. The van der Waals surface area contributed by atoms with Gasteiger partial charge in [-0.15, -0.1) is 0 Å². The summed E-state index contributed by atoms with van der Waals surface area (Å²) < 4.78 is 31.6. The van der Waals surface area contributed by atoms with Crippen molar-refractivity contribution in [1.82, 2.24) is 4.90 Å². The van der Waals surface area contributed by atoms with E-state index in [4.69, 9.17) is 23.3 Å².